The molecule has 3 rings (SSSR count). The second kappa shape index (κ2) is 9.31. The van der Waals surface area contributed by atoms with E-state index >= 15 is 0 Å². The summed E-state index contributed by atoms with van der Waals surface area (Å²) in [7, 11) is 2.14. The summed E-state index contributed by atoms with van der Waals surface area (Å²) in [5.74, 6) is -0.0231. The van der Waals surface area contributed by atoms with Gasteiger partial charge < -0.3 is 9.80 Å². The lowest BCUT2D eigenvalue weighted by molar-refractivity contribution is 0.0701. The van der Waals surface area contributed by atoms with E-state index < -0.39 is 0 Å². The van der Waals surface area contributed by atoms with Gasteiger partial charge in [-0.25, -0.2) is 0 Å². The van der Waals surface area contributed by atoms with Crippen molar-refractivity contribution < 1.29 is 4.79 Å². The molecule has 0 N–H and O–H groups in total. The molecule has 0 aliphatic carbocycles. The summed E-state index contributed by atoms with van der Waals surface area (Å²) in [5.41, 5.74) is 2.20. The average molecular weight is 362 g/mol. The quantitative estimate of drug-likeness (QED) is 0.792. The summed E-state index contributed by atoms with van der Waals surface area (Å²) in [5, 5.41) is 9.13. The van der Waals surface area contributed by atoms with Crippen LogP contribution in [-0.2, 0) is 6.54 Å². The summed E-state index contributed by atoms with van der Waals surface area (Å²) < 4.78 is 0. The van der Waals surface area contributed by atoms with Gasteiger partial charge in [-0.1, -0.05) is 36.4 Å². The van der Waals surface area contributed by atoms with E-state index in [-0.39, 0.29) is 5.91 Å². The molecule has 1 fully saturated rings. The van der Waals surface area contributed by atoms with Gasteiger partial charge in [0.25, 0.3) is 5.91 Å². The van der Waals surface area contributed by atoms with Crippen molar-refractivity contribution in [3.05, 3.63) is 71.3 Å². The Kier molecular flexibility index (Phi) is 6.59. The molecule has 1 aliphatic heterocycles. The van der Waals surface area contributed by atoms with Gasteiger partial charge in [0.05, 0.1) is 11.6 Å². The highest BCUT2D eigenvalue weighted by atomic mass is 16.2. The molecule has 140 valence electrons. The molecule has 1 heterocycles. The zero-order valence-corrected chi connectivity index (χ0v) is 15.8. The van der Waals surface area contributed by atoms with Crippen LogP contribution in [0.25, 0.3) is 0 Å². The van der Waals surface area contributed by atoms with Crippen molar-refractivity contribution in [3.63, 3.8) is 0 Å². The lowest BCUT2D eigenvalue weighted by Gasteiger charge is -2.34. The normalized spacial score (nSPS) is 15.3. The first-order valence-electron chi connectivity index (χ1n) is 9.40. The predicted molar refractivity (Wildman–Crippen MR) is 106 cm³/mol. The zero-order valence-electron chi connectivity index (χ0n) is 15.8. The first-order valence-corrected chi connectivity index (χ1v) is 9.40. The number of nitrogens with zero attached hydrogens (tertiary/aromatic N) is 4. The van der Waals surface area contributed by atoms with Crippen molar-refractivity contribution in [2.75, 3.05) is 46.3 Å². The Morgan fingerprint density at radius 3 is 2.52 bits per heavy atom. The second-order valence-electron chi connectivity index (χ2n) is 7.05. The summed E-state index contributed by atoms with van der Waals surface area (Å²) in [4.78, 5) is 19.8. The molecule has 0 unspecified atom stereocenters. The molecule has 2 aromatic rings. The van der Waals surface area contributed by atoms with E-state index in [0.717, 1.165) is 38.3 Å². The lowest BCUT2D eigenvalue weighted by Crippen LogP contribution is -2.47. The van der Waals surface area contributed by atoms with Gasteiger partial charge in [-0.15, -0.1) is 0 Å². The standard InChI is InChI=1S/C22H26N4O/c1-24-10-12-25(13-11-24)14-15-26(18-19-6-3-2-4-7-19)22(27)21-9-5-8-20(16-21)17-23/h2-9,16H,10-15,18H2,1H3. The van der Waals surface area contributed by atoms with Crippen LogP contribution in [0.2, 0.25) is 0 Å². The summed E-state index contributed by atoms with van der Waals surface area (Å²) >= 11 is 0. The van der Waals surface area contributed by atoms with Gasteiger partial charge in [0.15, 0.2) is 0 Å². The van der Waals surface area contributed by atoms with Crippen LogP contribution in [0.1, 0.15) is 21.5 Å². The second-order valence-corrected chi connectivity index (χ2v) is 7.05. The summed E-state index contributed by atoms with van der Waals surface area (Å²) in [6.07, 6.45) is 0. The van der Waals surface area contributed by atoms with Gasteiger partial charge in [-0.05, 0) is 30.8 Å². The molecule has 27 heavy (non-hydrogen) atoms. The highest BCUT2D eigenvalue weighted by molar-refractivity contribution is 5.94. The number of benzene rings is 2. The fourth-order valence-electron chi connectivity index (χ4n) is 3.29. The van der Waals surface area contributed by atoms with Gasteiger partial charge in [-0.2, -0.15) is 5.26 Å². The third kappa shape index (κ3) is 5.40. The molecule has 0 radical (unpaired) electrons. The SMILES string of the molecule is CN1CCN(CCN(Cc2ccccc2)C(=O)c2cccc(C#N)c2)CC1. The van der Waals surface area contributed by atoms with Crippen molar-refractivity contribution in [2.24, 2.45) is 0 Å². The fraction of sp³-hybridized carbons (Fsp3) is 0.364. The van der Waals surface area contributed by atoms with Crippen LogP contribution < -0.4 is 0 Å². The summed E-state index contributed by atoms with van der Waals surface area (Å²) in [6.45, 7) is 6.32. The minimum absolute atomic E-state index is 0.0231. The third-order valence-electron chi connectivity index (χ3n) is 5.02. The Morgan fingerprint density at radius 2 is 1.81 bits per heavy atom. The molecule has 0 saturated carbocycles. The first-order chi connectivity index (χ1) is 13.2. The molecule has 0 bridgehead atoms. The first kappa shape index (κ1) is 19.1. The molecule has 5 nitrogen and oxygen atoms in total. The number of carbonyl (C=O) groups is 1. The number of hydrogen-bond donors (Lipinski definition) is 0. The van der Waals surface area contributed by atoms with Crippen molar-refractivity contribution >= 4 is 5.91 Å². The van der Waals surface area contributed by atoms with Gasteiger partial charge in [0.1, 0.15) is 0 Å². The lowest BCUT2D eigenvalue weighted by atomic mass is 10.1. The van der Waals surface area contributed by atoms with Crippen LogP contribution in [-0.4, -0.2) is 66.9 Å². The van der Waals surface area contributed by atoms with Crippen LogP contribution in [0.4, 0.5) is 0 Å². The topological polar surface area (TPSA) is 50.6 Å². The number of likely N-dealkylation sites (N-methyl/N-ethyl adjacent to an activating group) is 1. The monoisotopic (exact) mass is 362 g/mol. The highest BCUT2D eigenvalue weighted by Gasteiger charge is 2.19. The number of hydrogen-bond acceptors (Lipinski definition) is 4. The van der Waals surface area contributed by atoms with Crippen molar-refractivity contribution in [2.45, 2.75) is 6.54 Å². The zero-order chi connectivity index (χ0) is 19.1. The van der Waals surface area contributed by atoms with Gasteiger partial charge in [0, 0.05) is 51.4 Å². The maximum absolute atomic E-state index is 13.1. The molecule has 1 amide bonds. The number of amides is 1. The Hall–Kier alpha value is -2.68. The minimum Gasteiger partial charge on any atom is -0.333 e. The molecule has 5 heteroatoms. The van der Waals surface area contributed by atoms with Crippen LogP contribution >= 0.6 is 0 Å². The van der Waals surface area contributed by atoms with E-state index in [4.69, 9.17) is 5.26 Å². The van der Waals surface area contributed by atoms with E-state index in [1.54, 1.807) is 24.3 Å². The molecule has 0 aromatic heterocycles. The minimum atomic E-state index is -0.0231. The Morgan fingerprint density at radius 1 is 1.07 bits per heavy atom. The van der Waals surface area contributed by atoms with E-state index in [0.29, 0.717) is 24.2 Å². The molecular weight excluding hydrogens is 336 g/mol. The maximum atomic E-state index is 13.1. The molecule has 0 spiro atoms. The van der Waals surface area contributed by atoms with Crippen LogP contribution in [0.15, 0.2) is 54.6 Å². The van der Waals surface area contributed by atoms with E-state index in [9.17, 15) is 4.79 Å². The maximum Gasteiger partial charge on any atom is 0.254 e. The average Bonchev–Trinajstić information content (AvgIpc) is 2.72. The Labute approximate surface area is 161 Å². The van der Waals surface area contributed by atoms with E-state index in [1.165, 1.54) is 0 Å². The summed E-state index contributed by atoms with van der Waals surface area (Å²) in [6, 6.07) is 19.1. The molecule has 1 aliphatic rings. The third-order valence-corrected chi connectivity index (χ3v) is 5.02. The van der Waals surface area contributed by atoms with Crippen molar-refractivity contribution in [3.8, 4) is 6.07 Å². The molecule has 1 saturated heterocycles. The van der Waals surface area contributed by atoms with Crippen LogP contribution in [0, 0.1) is 11.3 Å². The van der Waals surface area contributed by atoms with E-state index in [1.807, 2.05) is 35.2 Å². The fourth-order valence-corrected chi connectivity index (χ4v) is 3.29. The van der Waals surface area contributed by atoms with Crippen LogP contribution in [0.5, 0.6) is 0 Å². The van der Waals surface area contributed by atoms with Gasteiger partial charge in [0.2, 0.25) is 0 Å². The Balaban J connectivity index is 1.72. The largest absolute Gasteiger partial charge is 0.333 e. The molecular formula is C22H26N4O. The predicted octanol–water partition coefficient (Wildman–Crippen LogP) is 2.45. The number of piperazine rings is 1. The van der Waals surface area contributed by atoms with Crippen LogP contribution in [0.3, 0.4) is 0 Å². The number of carbonyl (C=O) groups excluding carboxylic acids is 1. The highest BCUT2D eigenvalue weighted by Crippen LogP contribution is 2.12. The van der Waals surface area contributed by atoms with Gasteiger partial charge >= 0.3 is 0 Å². The smallest absolute Gasteiger partial charge is 0.254 e. The van der Waals surface area contributed by atoms with Crippen molar-refractivity contribution in [1.29, 1.82) is 5.26 Å². The molecule has 2 aromatic carbocycles. The van der Waals surface area contributed by atoms with E-state index in [2.05, 4.69) is 22.9 Å². The van der Waals surface area contributed by atoms with Gasteiger partial charge in [-0.3, -0.25) is 9.69 Å². The van der Waals surface area contributed by atoms with Crippen molar-refractivity contribution in [1.82, 2.24) is 14.7 Å². The molecule has 0 atom stereocenters. The Bertz CT molecular complexity index is 791. The number of rotatable bonds is 6. The number of nitriles is 1.